The normalized spacial score (nSPS) is 31.4. The van der Waals surface area contributed by atoms with E-state index in [4.69, 9.17) is 4.74 Å². The highest BCUT2D eigenvalue weighted by Gasteiger charge is 2.80. The summed E-state index contributed by atoms with van der Waals surface area (Å²) in [5.41, 5.74) is -1.87. The van der Waals surface area contributed by atoms with Crippen LogP contribution < -0.4 is 0 Å². The number of aliphatic hydroxyl groups is 1. The largest absolute Gasteiger partial charge is 0.396 e. The molecule has 2 bridgehead atoms. The number of hydrogen-bond acceptors (Lipinski definition) is 5. The van der Waals surface area contributed by atoms with Crippen molar-refractivity contribution in [3.05, 3.63) is 25.3 Å². The molecule has 6 atom stereocenters. The van der Waals surface area contributed by atoms with Crippen LogP contribution >= 0.6 is 0 Å². The third kappa shape index (κ3) is 5.18. The first-order chi connectivity index (χ1) is 18.2. The predicted molar refractivity (Wildman–Crippen MR) is 148 cm³/mol. The maximum absolute atomic E-state index is 14.3. The van der Waals surface area contributed by atoms with Crippen LogP contribution in [0.3, 0.4) is 0 Å². The Kier molecular flexibility index (Phi) is 10.2. The number of unbranched alkanes of at least 4 members (excludes halogenated alkanes) is 3. The molecule has 214 valence electrons. The van der Waals surface area contributed by atoms with Crippen molar-refractivity contribution >= 4 is 17.7 Å². The number of nitrogens with zero attached hydrogens (tertiary/aromatic N) is 3. The molecule has 0 aromatic carbocycles. The van der Waals surface area contributed by atoms with Gasteiger partial charge in [-0.2, -0.15) is 0 Å². The summed E-state index contributed by atoms with van der Waals surface area (Å²) in [4.78, 5) is 47.9. The Labute approximate surface area is 229 Å². The summed E-state index contributed by atoms with van der Waals surface area (Å²) in [6.45, 7) is 18.2. The molecule has 1 N–H and O–H groups in total. The summed E-state index contributed by atoms with van der Waals surface area (Å²) >= 11 is 0. The maximum Gasteiger partial charge on any atom is 0.248 e. The van der Waals surface area contributed by atoms with Crippen molar-refractivity contribution in [3.63, 3.8) is 0 Å². The molecule has 0 aliphatic carbocycles. The number of amides is 3. The van der Waals surface area contributed by atoms with E-state index in [0.717, 1.165) is 25.7 Å². The van der Waals surface area contributed by atoms with Gasteiger partial charge in [-0.05, 0) is 44.9 Å². The zero-order chi connectivity index (χ0) is 28.1. The van der Waals surface area contributed by atoms with Crippen LogP contribution in [0.2, 0.25) is 0 Å². The molecule has 1 spiro atoms. The molecule has 3 fully saturated rings. The summed E-state index contributed by atoms with van der Waals surface area (Å²) in [6, 6.07) is -0.790. The van der Waals surface area contributed by atoms with Crippen LogP contribution in [0.5, 0.6) is 0 Å². The SMILES string of the molecule is C=CCN(CCCCC)C(=O)C1N(CCCCO)C(=O)[C@@H]2[C@@H](C(=O)N(CC=C)CCC)[C@]3(C)OC12CC3C. The van der Waals surface area contributed by atoms with E-state index in [1.54, 1.807) is 26.9 Å². The average molecular weight is 532 g/mol. The van der Waals surface area contributed by atoms with Gasteiger partial charge in [-0.1, -0.05) is 45.8 Å². The minimum atomic E-state index is -1.04. The highest BCUT2D eigenvalue weighted by molar-refractivity contribution is 5.99. The number of aliphatic hydroxyl groups excluding tert-OH is 1. The van der Waals surface area contributed by atoms with Crippen LogP contribution in [-0.4, -0.2) is 94.1 Å². The lowest BCUT2D eigenvalue weighted by atomic mass is 9.62. The molecule has 0 aromatic heterocycles. The van der Waals surface area contributed by atoms with Crippen LogP contribution in [0, 0.1) is 17.8 Å². The van der Waals surface area contributed by atoms with Crippen LogP contribution in [-0.2, 0) is 19.1 Å². The van der Waals surface area contributed by atoms with E-state index in [0.29, 0.717) is 52.0 Å². The van der Waals surface area contributed by atoms with Crippen molar-refractivity contribution in [1.29, 1.82) is 0 Å². The van der Waals surface area contributed by atoms with Crippen molar-refractivity contribution in [2.75, 3.05) is 39.3 Å². The number of carbonyl (C=O) groups excluding carboxylic acids is 3. The average Bonchev–Trinajstić information content (AvgIpc) is 3.39. The van der Waals surface area contributed by atoms with Crippen molar-refractivity contribution in [3.8, 4) is 0 Å². The Morgan fingerprint density at radius 3 is 2.29 bits per heavy atom. The number of ether oxygens (including phenoxy) is 1. The molecule has 0 radical (unpaired) electrons. The van der Waals surface area contributed by atoms with Crippen LogP contribution in [0.25, 0.3) is 0 Å². The van der Waals surface area contributed by atoms with Gasteiger partial charge in [0.15, 0.2) is 0 Å². The van der Waals surface area contributed by atoms with E-state index >= 15 is 0 Å². The molecule has 8 nitrogen and oxygen atoms in total. The van der Waals surface area contributed by atoms with Gasteiger partial charge in [0.1, 0.15) is 11.6 Å². The molecule has 0 aromatic rings. The summed E-state index contributed by atoms with van der Waals surface area (Å²) in [7, 11) is 0. The van der Waals surface area contributed by atoms with Gasteiger partial charge in [-0.3, -0.25) is 14.4 Å². The fourth-order valence-electron chi connectivity index (χ4n) is 7.12. The molecule has 3 saturated heterocycles. The lowest BCUT2D eigenvalue weighted by Gasteiger charge is -2.39. The monoisotopic (exact) mass is 531 g/mol. The van der Waals surface area contributed by atoms with Gasteiger partial charge in [0.2, 0.25) is 17.7 Å². The van der Waals surface area contributed by atoms with Crippen molar-refractivity contribution < 1.29 is 24.2 Å². The molecular formula is C30H49N3O5. The third-order valence-corrected chi connectivity index (χ3v) is 8.97. The zero-order valence-electron chi connectivity index (χ0n) is 24.0. The lowest BCUT2D eigenvalue weighted by molar-refractivity contribution is -0.154. The van der Waals surface area contributed by atoms with Gasteiger partial charge in [0, 0.05) is 39.3 Å². The summed E-state index contributed by atoms with van der Waals surface area (Å²) in [5, 5.41) is 9.40. The first-order valence-electron chi connectivity index (χ1n) is 14.6. The molecule has 3 aliphatic heterocycles. The molecule has 8 heteroatoms. The van der Waals surface area contributed by atoms with Crippen molar-refractivity contribution in [2.45, 2.75) is 89.9 Å². The van der Waals surface area contributed by atoms with Gasteiger partial charge in [-0.25, -0.2) is 0 Å². The van der Waals surface area contributed by atoms with E-state index in [-0.39, 0.29) is 30.2 Å². The second-order valence-electron chi connectivity index (χ2n) is 11.5. The van der Waals surface area contributed by atoms with Crippen molar-refractivity contribution in [1.82, 2.24) is 14.7 Å². The Morgan fingerprint density at radius 1 is 1.05 bits per heavy atom. The van der Waals surface area contributed by atoms with Gasteiger partial charge < -0.3 is 24.5 Å². The van der Waals surface area contributed by atoms with Gasteiger partial charge in [0.05, 0.1) is 17.4 Å². The van der Waals surface area contributed by atoms with Crippen LogP contribution in [0.4, 0.5) is 0 Å². The molecule has 3 rings (SSSR count). The number of hydrogen-bond donors (Lipinski definition) is 1. The Balaban J connectivity index is 2.07. The van der Waals surface area contributed by atoms with Crippen molar-refractivity contribution in [2.24, 2.45) is 17.8 Å². The Morgan fingerprint density at radius 2 is 1.71 bits per heavy atom. The minimum absolute atomic E-state index is 0.00773. The van der Waals surface area contributed by atoms with E-state index in [2.05, 4.69) is 27.0 Å². The smallest absolute Gasteiger partial charge is 0.248 e. The van der Waals surface area contributed by atoms with E-state index < -0.39 is 29.1 Å². The molecule has 3 aliphatic rings. The van der Waals surface area contributed by atoms with Crippen LogP contribution in [0.15, 0.2) is 25.3 Å². The maximum atomic E-state index is 14.3. The molecule has 0 saturated carbocycles. The highest BCUT2D eigenvalue weighted by Crippen LogP contribution is 2.65. The second kappa shape index (κ2) is 12.8. The minimum Gasteiger partial charge on any atom is -0.396 e. The summed E-state index contributed by atoms with van der Waals surface area (Å²) < 4.78 is 6.86. The fraction of sp³-hybridized carbons (Fsp3) is 0.767. The lowest BCUT2D eigenvalue weighted by Crippen LogP contribution is -2.57. The number of carbonyl (C=O) groups is 3. The molecule has 3 amide bonds. The topological polar surface area (TPSA) is 90.4 Å². The van der Waals surface area contributed by atoms with E-state index in [1.165, 1.54) is 0 Å². The Bertz CT molecular complexity index is 893. The number of likely N-dealkylation sites (tertiary alicyclic amines) is 1. The predicted octanol–water partition coefficient (Wildman–Crippen LogP) is 3.40. The van der Waals surface area contributed by atoms with E-state index in [9.17, 15) is 19.5 Å². The molecule has 3 unspecified atom stereocenters. The van der Waals surface area contributed by atoms with Gasteiger partial charge >= 0.3 is 0 Å². The first kappa shape index (κ1) is 30.4. The summed E-state index contributed by atoms with van der Waals surface area (Å²) in [5.74, 6) is -1.73. The van der Waals surface area contributed by atoms with Gasteiger partial charge in [0.25, 0.3) is 0 Å². The standard InChI is InChI=1S/C30H49N3O5/c1-7-11-12-18-32(17-10-4)28(37)25-30-21-22(5)29(6,38-30)23(26(35)31(15-8-2)16-9-3)24(30)27(36)33(25)19-13-14-20-34/h8,10,22-25,34H,2,4,7,9,11-21H2,1,3,5-6H3/t22?,23-,24-,25?,29+,30?/m0/s1. The molecule has 3 heterocycles. The fourth-order valence-corrected chi connectivity index (χ4v) is 7.12. The zero-order valence-corrected chi connectivity index (χ0v) is 24.0. The van der Waals surface area contributed by atoms with Crippen LogP contribution in [0.1, 0.15) is 72.6 Å². The number of fused-ring (bicyclic) bond motifs is 1. The quantitative estimate of drug-likeness (QED) is 0.244. The molecular weight excluding hydrogens is 482 g/mol. The molecule has 38 heavy (non-hydrogen) atoms. The van der Waals surface area contributed by atoms with Gasteiger partial charge in [-0.15, -0.1) is 13.2 Å². The highest BCUT2D eigenvalue weighted by atomic mass is 16.5. The second-order valence-corrected chi connectivity index (χ2v) is 11.5. The van der Waals surface area contributed by atoms with E-state index in [1.807, 2.05) is 13.8 Å². The Hall–Kier alpha value is -2.19. The third-order valence-electron chi connectivity index (χ3n) is 8.97. The summed E-state index contributed by atoms with van der Waals surface area (Å²) in [6.07, 6.45) is 8.85. The first-order valence-corrected chi connectivity index (χ1v) is 14.6. The number of rotatable bonds is 16.